The number of nitrogens with two attached hydrogens (primary N) is 1. The number of carbonyl (C=O) groups is 1. The fourth-order valence-corrected chi connectivity index (χ4v) is 1.26. The molecule has 0 unspecified atom stereocenters. The fraction of sp³-hybridized carbons (Fsp3) is 0.455. The molecule has 1 aromatic rings. The lowest BCUT2D eigenvalue weighted by atomic mass is 10.2. The highest BCUT2D eigenvalue weighted by Gasteiger charge is 1.98. The number of nitrogens with one attached hydrogen (secondary N) is 1. The van der Waals surface area contributed by atoms with Crippen molar-refractivity contribution in [1.29, 1.82) is 0 Å². The van der Waals surface area contributed by atoms with Crippen molar-refractivity contribution in [3.8, 4) is 5.75 Å². The topological polar surface area (TPSA) is 77.2 Å². The monoisotopic (exact) mass is 223 g/mol. The van der Waals surface area contributed by atoms with Crippen LogP contribution in [0.25, 0.3) is 0 Å². The van der Waals surface area contributed by atoms with E-state index in [0.717, 1.165) is 25.0 Å². The molecule has 0 aliphatic carbocycles. The van der Waals surface area contributed by atoms with Gasteiger partial charge in [0.1, 0.15) is 5.75 Å². The first-order chi connectivity index (χ1) is 7.83. The van der Waals surface area contributed by atoms with Crippen LogP contribution in [0, 0.1) is 0 Å². The average molecular weight is 223 g/mol. The number of amides is 1. The molecule has 0 aromatic carbocycles. The zero-order valence-electron chi connectivity index (χ0n) is 9.19. The second kappa shape index (κ2) is 7.64. The molecule has 1 aromatic heterocycles. The number of nitrogens with zero attached hydrogens (tertiary/aromatic N) is 1. The molecule has 5 nitrogen and oxygen atoms in total. The van der Waals surface area contributed by atoms with Crippen LogP contribution in [0.3, 0.4) is 0 Å². The zero-order chi connectivity index (χ0) is 11.6. The summed E-state index contributed by atoms with van der Waals surface area (Å²) >= 11 is 0. The van der Waals surface area contributed by atoms with Gasteiger partial charge in [-0.1, -0.05) is 0 Å². The van der Waals surface area contributed by atoms with Crippen molar-refractivity contribution in [3.63, 3.8) is 0 Å². The molecule has 0 aliphatic rings. The minimum Gasteiger partial charge on any atom is -0.492 e. The number of hydrogen-bond donors (Lipinski definition) is 2. The van der Waals surface area contributed by atoms with E-state index in [1.807, 2.05) is 12.1 Å². The lowest BCUT2D eigenvalue weighted by Crippen LogP contribution is -2.29. The summed E-state index contributed by atoms with van der Waals surface area (Å²) in [6, 6.07) is 3.70. The largest absolute Gasteiger partial charge is 0.492 e. The van der Waals surface area contributed by atoms with E-state index in [1.54, 1.807) is 12.4 Å². The second-order valence-corrected chi connectivity index (χ2v) is 3.42. The van der Waals surface area contributed by atoms with Crippen molar-refractivity contribution < 1.29 is 9.53 Å². The van der Waals surface area contributed by atoms with Crippen LogP contribution in [0.15, 0.2) is 24.5 Å². The summed E-state index contributed by atoms with van der Waals surface area (Å²) in [5, 5.41) is 0. The van der Waals surface area contributed by atoms with Gasteiger partial charge in [0.2, 0.25) is 5.91 Å². The van der Waals surface area contributed by atoms with Gasteiger partial charge in [0.15, 0.2) is 0 Å². The molecule has 1 rings (SSSR count). The average Bonchev–Trinajstić information content (AvgIpc) is 2.34. The Bertz CT molecular complexity index is 303. The first-order valence-electron chi connectivity index (χ1n) is 5.35. The highest BCUT2D eigenvalue weighted by Crippen LogP contribution is 2.07. The molecule has 3 N–H and O–H groups in total. The molecule has 0 saturated heterocycles. The minimum atomic E-state index is -0.117. The molecule has 0 spiro atoms. The van der Waals surface area contributed by atoms with Gasteiger partial charge < -0.3 is 4.74 Å². The smallest absolute Gasteiger partial charge is 0.233 e. The highest BCUT2D eigenvalue weighted by molar-refractivity contribution is 5.74. The van der Waals surface area contributed by atoms with Gasteiger partial charge in [0, 0.05) is 12.6 Å². The van der Waals surface area contributed by atoms with Crippen LogP contribution >= 0.6 is 0 Å². The van der Waals surface area contributed by atoms with Gasteiger partial charge in [0.05, 0.1) is 12.8 Å². The first kappa shape index (κ1) is 12.4. The Kier molecular flexibility index (Phi) is 5.95. The molecule has 0 radical (unpaired) electrons. The Hall–Kier alpha value is -1.62. The molecule has 1 heterocycles. The van der Waals surface area contributed by atoms with Crippen molar-refractivity contribution in [3.05, 3.63) is 24.5 Å². The van der Waals surface area contributed by atoms with E-state index in [2.05, 4.69) is 10.4 Å². The van der Waals surface area contributed by atoms with Gasteiger partial charge in [0.25, 0.3) is 0 Å². The Balaban J connectivity index is 1.98. The first-order valence-corrected chi connectivity index (χ1v) is 5.35. The summed E-state index contributed by atoms with van der Waals surface area (Å²) in [5.41, 5.74) is 2.10. The molecule has 0 aliphatic heterocycles. The van der Waals surface area contributed by atoms with E-state index >= 15 is 0 Å². The Morgan fingerprint density at radius 2 is 2.31 bits per heavy atom. The Morgan fingerprint density at radius 3 is 3.00 bits per heavy atom. The summed E-state index contributed by atoms with van der Waals surface area (Å²) in [5.74, 6) is 5.62. The van der Waals surface area contributed by atoms with Crippen LogP contribution in [0.1, 0.15) is 25.7 Å². The molecule has 5 heteroatoms. The van der Waals surface area contributed by atoms with E-state index in [0.29, 0.717) is 13.0 Å². The van der Waals surface area contributed by atoms with Gasteiger partial charge in [-0.25, -0.2) is 5.84 Å². The predicted molar refractivity (Wildman–Crippen MR) is 60.5 cm³/mol. The van der Waals surface area contributed by atoms with E-state index in [-0.39, 0.29) is 5.91 Å². The third-order valence-corrected chi connectivity index (χ3v) is 2.11. The van der Waals surface area contributed by atoms with Crippen molar-refractivity contribution >= 4 is 5.91 Å². The van der Waals surface area contributed by atoms with E-state index in [4.69, 9.17) is 10.6 Å². The Labute approximate surface area is 95.0 Å². The number of aromatic nitrogens is 1. The van der Waals surface area contributed by atoms with E-state index < -0.39 is 0 Å². The number of hydrogen-bond acceptors (Lipinski definition) is 4. The minimum absolute atomic E-state index is 0.117. The zero-order valence-corrected chi connectivity index (χ0v) is 9.19. The van der Waals surface area contributed by atoms with Crippen LogP contribution in [0.2, 0.25) is 0 Å². The quantitative estimate of drug-likeness (QED) is 0.313. The molecule has 16 heavy (non-hydrogen) atoms. The maximum absolute atomic E-state index is 10.8. The molecule has 0 bridgehead atoms. The van der Waals surface area contributed by atoms with Crippen molar-refractivity contribution in [2.45, 2.75) is 25.7 Å². The highest BCUT2D eigenvalue weighted by atomic mass is 16.5. The molecular weight excluding hydrogens is 206 g/mol. The fourth-order valence-electron chi connectivity index (χ4n) is 1.26. The number of unbranched alkanes of at least 4 members (excludes halogenated alkanes) is 2. The normalized spacial score (nSPS) is 9.81. The van der Waals surface area contributed by atoms with Gasteiger partial charge in [-0.3, -0.25) is 15.2 Å². The van der Waals surface area contributed by atoms with E-state index in [9.17, 15) is 4.79 Å². The summed E-state index contributed by atoms with van der Waals surface area (Å²) in [7, 11) is 0. The second-order valence-electron chi connectivity index (χ2n) is 3.42. The third kappa shape index (κ3) is 5.31. The van der Waals surface area contributed by atoms with Gasteiger partial charge in [-0.05, 0) is 31.4 Å². The molecule has 88 valence electrons. The summed E-state index contributed by atoms with van der Waals surface area (Å²) in [6.45, 7) is 0.649. The Morgan fingerprint density at radius 1 is 1.44 bits per heavy atom. The number of ether oxygens (including phenoxy) is 1. The number of carbonyl (C=O) groups excluding carboxylic acids is 1. The number of hydrazine groups is 1. The number of rotatable bonds is 7. The van der Waals surface area contributed by atoms with Crippen LogP contribution in [-0.2, 0) is 4.79 Å². The summed E-state index contributed by atoms with van der Waals surface area (Å²) in [4.78, 5) is 14.7. The SMILES string of the molecule is NNC(=O)CCCCCOc1cccnc1. The molecule has 1 amide bonds. The van der Waals surface area contributed by atoms with Crippen molar-refractivity contribution in [1.82, 2.24) is 10.4 Å². The van der Waals surface area contributed by atoms with Crippen LogP contribution in [0.4, 0.5) is 0 Å². The van der Waals surface area contributed by atoms with E-state index in [1.165, 1.54) is 0 Å². The van der Waals surface area contributed by atoms with Gasteiger partial charge >= 0.3 is 0 Å². The summed E-state index contributed by atoms with van der Waals surface area (Å²) < 4.78 is 5.45. The van der Waals surface area contributed by atoms with Crippen molar-refractivity contribution in [2.75, 3.05) is 6.61 Å². The maximum Gasteiger partial charge on any atom is 0.233 e. The lowest BCUT2D eigenvalue weighted by molar-refractivity contribution is -0.121. The van der Waals surface area contributed by atoms with Crippen LogP contribution in [0.5, 0.6) is 5.75 Å². The van der Waals surface area contributed by atoms with Gasteiger partial charge in [-0.15, -0.1) is 0 Å². The van der Waals surface area contributed by atoms with Crippen molar-refractivity contribution in [2.24, 2.45) is 5.84 Å². The standard InChI is InChI=1S/C11H17N3O2/c12-14-11(15)6-2-1-3-8-16-10-5-4-7-13-9-10/h4-5,7,9H,1-3,6,8,12H2,(H,14,15). The predicted octanol–water partition coefficient (Wildman–Crippen LogP) is 1.01. The van der Waals surface area contributed by atoms with Crippen LogP contribution < -0.4 is 16.0 Å². The summed E-state index contributed by atoms with van der Waals surface area (Å²) in [6.07, 6.45) is 6.57. The number of pyridine rings is 1. The maximum atomic E-state index is 10.8. The molecule has 0 atom stereocenters. The molecular formula is C11H17N3O2. The molecule has 0 saturated carbocycles. The molecule has 0 fully saturated rings. The lowest BCUT2D eigenvalue weighted by Gasteiger charge is -2.04. The van der Waals surface area contributed by atoms with Gasteiger partial charge in [-0.2, -0.15) is 0 Å². The van der Waals surface area contributed by atoms with Crippen LogP contribution in [-0.4, -0.2) is 17.5 Å². The third-order valence-electron chi connectivity index (χ3n) is 2.11.